The van der Waals surface area contributed by atoms with Crippen LogP contribution in [0.2, 0.25) is 0 Å². The highest BCUT2D eigenvalue weighted by Gasteiger charge is 2.11. The first-order valence-corrected chi connectivity index (χ1v) is 7.19. The highest BCUT2D eigenvalue weighted by atomic mass is 79.9. The van der Waals surface area contributed by atoms with E-state index in [9.17, 15) is 4.39 Å². The summed E-state index contributed by atoms with van der Waals surface area (Å²) < 4.78 is 19.6. The van der Waals surface area contributed by atoms with Gasteiger partial charge in [-0.1, -0.05) is 34.1 Å². The Morgan fingerprint density at radius 3 is 2.74 bits per heavy atom. The molecule has 1 aliphatic rings. The number of halogens is 2. The van der Waals surface area contributed by atoms with Crippen molar-refractivity contribution in [1.82, 2.24) is 0 Å². The van der Waals surface area contributed by atoms with Crippen molar-refractivity contribution in [3.63, 3.8) is 0 Å². The zero-order valence-electron chi connectivity index (χ0n) is 10.5. The maximum Gasteiger partial charge on any atom is 0.128 e. The van der Waals surface area contributed by atoms with Gasteiger partial charge in [-0.25, -0.2) is 4.39 Å². The van der Waals surface area contributed by atoms with Crippen molar-refractivity contribution in [2.45, 2.75) is 25.9 Å². The monoisotopic (exact) mass is 320 g/mol. The van der Waals surface area contributed by atoms with Crippen molar-refractivity contribution < 1.29 is 9.13 Å². The van der Waals surface area contributed by atoms with Crippen LogP contribution in [0.3, 0.4) is 0 Å². The summed E-state index contributed by atoms with van der Waals surface area (Å²) in [5.41, 5.74) is 4.03. The van der Waals surface area contributed by atoms with E-state index in [4.69, 9.17) is 4.74 Å². The second-order valence-electron chi connectivity index (χ2n) is 4.85. The summed E-state index contributed by atoms with van der Waals surface area (Å²) in [7, 11) is 0. The minimum Gasteiger partial charge on any atom is -0.489 e. The summed E-state index contributed by atoms with van der Waals surface area (Å²) in [4.78, 5) is 0. The highest BCUT2D eigenvalue weighted by molar-refractivity contribution is 9.10. The number of hydrogen-bond donors (Lipinski definition) is 0. The van der Waals surface area contributed by atoms with Crippen LogP contribution < -0.4 is 4.74 Å². The molecule has 0 bridgehead atoms. The van der Waals surface area contributed by atoms with Gasteiger partial charge in [-0.2, -0.15) is 0 Å². The molecule has 0 radical (unpaired) electrons. The summed E-state index contributed by atoms with van der Waals surface area (Å²) in [5.74, 6) is 0.255. The molecule has 3 rings (SSSR count). The van der Waals surface area contributed by atoms with Gasteiger partial charge in [0.25, 0.3) is 0 Å². The molecule has 2 aromatic rings. The fraction of sp³-hybridized carbons (Fsp3) is 0.250. The van der Waals surface area contributed by atoms with Gasteiger partial charge in [-0.15, -0.1) is 0 Å². The van der Waals surface area contributed by atoms with E-state index < -0.39 is 0 Å². The van der Waals surface area contributed by atoms with Gasteiger partial charge in [0.1, 0.15) is 18.2 Å². The average Bonchev–Trinajstić information content (AvgIpc) is 2.82. The van der Waals surface area contributed by atoms with Gasteiger partial charge in [0, 0.05) is 10.5 Å². The molecular formula is C16H14BrFO. The molecule has 1 aliphatic carbocycles. The standard InChI is InChI=1S/C16H14BrFO/c17-14-7-15(18)9-16(8-14)19-10-11-4-5-12-2-1-3-13(12)6-11/h4-9H,1-3,10H2. The maximum atomic E-state index is 13.2. The molecule has 0 atom stereocenters. The summed E-state index contributed by atoms with van der Waals surface area (Å²) in [6.45, 7) is 0.475. The molecule has 0 aromatic heterocycles. The number of ether oxygens (including phenoxy) is 1. The summed E-state index contributed by atoms with van der Waals surface area (Å²) >= 11 is 3.26. The number of rotatable bonds is 3. The lowest BCUT2D eigenvalue weighted by atomic mass is 10.1. The Morgan fingerprint density at radius 1 is 1.05 bits per heavy atom. The van der Waals surface area contributed by atoms with Crippen molar-refractivity contribution in [3.05, 3.63) is 63.4 Å². The van der Waals surface area contributed by atoms with Crippen LogP contribution in [0, 0.1) is 5.82 Å². The normalized spacial score (nSPS) is 13.4. The van der Waals surface area contributed by atoms with Gasteiger partial charge in [0.05, 0.1) is 0 Å². The lowest BCUT2D eigenvalue weighted by Crippen LogP contribution is -1.97. The Kier molecular flexibility index (Phi) is 3.56. The molecule has 0 unspecified atom stereocenters. The third-order valence-electron chi connectivity index (χ3n) is 3.40. The zero-order valence-corrected chi connectivity index (χ0v) is 12.0. The smallest absolute Gasteiger partial charge is 0.128 e. The van der Waals surface area contributed by atoms with Crippen LogP contribution in [0.25, 0.3) is 0 Å². The summed E-state index contributed by atoms with van der Waals surface area (Å²) in [6.07, 6.45) is 3.60. The van der Waals surface area contributed by atoms with Crippen LogP contribution in [0.15, 0.2) is 40.9 Å². The largest absolute Gasteiger partial charge is 0.489 e. The number of aryl methyl sites for hydroxylation is 2. The third kappa shape index (κ3) is 2.98. The van der Waals surface area contributed by atoms with Gasteiger partial charge < -0.3 is 4.74 Å². The first kappa shape index (κ1) is 12.7. The van der Waals surface area contributed by atoms with Crippen LogP contribution in [0.5, 0.6) is 5.75 Å². The third-order valence-corrected chi connectivity index (χ3v) is 3.86. The SMILES string of the molecule is Fc1cc(Br)cc(OCc2ccc3c(c2)CCC3)c1. The Hall–Kier alpha value is -1.35. The topological polar surface area (TPSA) is 9.23 Å². The maximum absolute atomic E-state index is 13.2. The van der Waals surface area contributed by atoms with Gasteiger partial charge in [0.15, 0.2) is 0 Å². The second kappa shape index (κ2) is 5.33. The van der Waals surface area contributed by atoms with Crippen LogP contribution in [-0.2, 0) is 19.4 Å². The average molecular weight is 321 g/mol. The van der Waals surface area contributed by atoms with E-state index in [1.807, 2.05) is 0 Å². The predicted molar refractivity (Wildman–Crippen MR) is 76.9 cm³/mol. The van der Waals surface area contributed by atoms with Crippen molar-refractivity contribution in [2.75, 3.05) is 0 Å². The molecule has 19 heavy (non-hydrogen) atoms. The Morgan fingerprint density at radius 2 is 1.89 bits per heavy atom. The van der Waals surface area contributed by atoms with Crippen molar-refractivity contribution >= 4 is 15.9 Å². The molecule has 0 heterocycles. The lowest BCUT2D eigenvalue weighted by molar-refractivity contribution is 0.304. The minimum absolute atomic E-state index is 0.293. The van der Waals surface area contributed by atoms with E-state index in [1.54, 1.807) is 6.07 Å². The van der Waals surface area contributed by atoms with Crippen LogP contribution in [0.1, 0.15) is 23.1 Å². The number of fused-ring (bicyclic) bond motifs is 1. The molecule has 0 amide bonds. The van der Waals surface area contributed by atoms with E-state index in [2.05, 4.69) is 34.1 Å². The Bertz CT molecular complexity index is 589. The minimum atomic E-state index is -0.293. The molecule has 0 saturated heterocycles. The molecule has 0 saturated carbocycles. The number of benzene rings is 2. The van der Waals surface area contributed by atoms with E-state index >= 15 is 0 Å². The molecule has 0 N–H and O–H groups in total. The first-order chi connectivity index (χ1) is 9.20. The molecule has 0 spiro atoms. The highest BCUT2D eigenvalue weighted by Crippen LogP contribution is 2.25. The Balaban J connectivity index is 1.72. The quantitative estimate of drug-likeness (QED) is 0.799. The van der Waals surface area contributed by atoms with Gasteiger partial charge in [-0.05, 0) is 48.1 Å². The van der Waals surface area contributed by atoms with Crippen molar-refractivity contribution in [1.29, 1.82) is 0 Å². The summed E-state index contributed by atoms with van der Waals surface area (Å²) in [6, 6.07) is 11.1. The first-order valence-electron chi connectivity index (χ1n) is 6.40. The van der Waals surface area contributed by atoms with Crippen molar-refractivity contribution in [2.24, 2.45) is 0 Å². The van der Waals surface area contributed by atoms with Gasteiger partial charge in [0.2, 0.25) is 0 Å². The van der Waals surface area contributed by atoms with Crippen molar-refractivity contribution in [3.8, 4) is 5.75 Å². The molecule has 1 nitrogen and oxygen atoms in total. The predicted octanol–water partition coefficient (Wildman–Crippen LogP) is 4.66. The zero-order chi connectivity index (χ0) is 13.2. The summed E-state index contributed by atoms with van der Waals surface area (Å²) in [5, 5.41) is 0. The molecule has 2 aromatic carbocycles. The van der Waals surface area contributed by atoms with Crippen LogP contribution in [0.4, 0.5) is 4.39 Å². The second-order valence-corrected chi connectivity index (χ2v) is 5.77. The van der Waals surface area contributed by atoms with Crippen LogP contribution >= 0.6 is 15.9 Å². The van der Waals surface area contributed by atoms with E-state index in [1.165, 1.54) is 36.1 Å². The molecule has 0 fully saturated rings. The number of hydrogen-bond acceptors (Lipinski definition) is 1. The van der Waals surface area contributed by atoms with Crippen LogP contribution in [-0.4, -0.2) is 0 Å². The Labute approximate surface area is 120 Å². The van der Waals surface area contributed by atoms with Gasteiger partial charge >= 0.3 is 0 Å². The molecule has 98 valence electrons. The van der Waals surface area contributed by atoms with E-state index in [0.717, 1.165) is 12.0 Å². The van der Waals surface area contributed by atoms with Gasteiger partial charge in [-0.3, -0.25) is 0 Å². The fourth-order valence-electron chi connectivity index (χ4n) is 2.49. The van der Waals surface area contributed by atoms with E-state index in [0.29, 0.717) is 16.8 Å². The fourth-order valence-corrected chi connectivity index (χ4v) is 2.94. The molecule has 0 aliphatic heterocycles. The molecule has 3 heteroatoms. The lowest BCUT2D eigenvalue weighted by Gasteiger charge is -2.08. The van der Waals surface area contributed by atoms with E-state index in [-0.39, 0.29) is 5.82 Å². The molecular weight excluding hydrogens is 307 g/mol.